The molecule has 1 aromatic heterocycles. The SMILES string of the molecule is CCC(C)S(=O)(=O)Nc1ncccc1OCc1ccccc1. The lowest BCUT2D eigenvalue weighted by Gasteiger charge is -2.15. The Morgan fingerprint density at radius 1 is 1.18 bits per heavy atom. The smallest absolute Gasteiger partial charge is 0.236 e. The van der Waals surface area contributed by atoms with Gasteiger partial charge in [-0.2, -0.15) is 0 Å². The largest absolute Gasteiger partial charge is 0.485 e. The molecule has 22 heavy (non-hydrogen) atoms. The third kappa shape index (κ3) is 4.21. The average molecular weight is 320 g/mol. The summed E-state index contributed by atoms with van der Waals surface area (Å²) in [6, 6.07) is 13.1. The Morgan fingerprint density at radius 3 is 2.59 bits per heavy atom. The molecule has 118 valence electrons. The standard InChI is InChI=1S/C16H20N2O3S/c1-3-13(2)22(19,20)18-16-15(10-7-11-17-16)21-12-14-8-5-4-6-9-14/h4-11,13H,3,12H2,1-2H3,(H,17,18). The number of anilines is 1. The van der Waals surface area contributed by atoms with Crippen LogP contribution in [0.25, 0.3) is 0 Å². The van der Waals surface area contributed by atoms with Gasteiger partial charge in [0.25, 0.3) is 0 Å². The predicted molar refractivity (Wildman–Crippen MR) is 87.3 cm³/mol. The summed E-state index contributed by atoms with van der Waals surface area (Å²) in [6.45, 7) is 3.84. The van der Waals surface area contributed by atoms with Crippen molar-refractivity contribution in [1.82, 2.24) is 4.98 Å². The Balaban J connectivity index is 2.13. The van der Waals surface area contributed by atoms with Gasteiger partial charge in [-0.3, -0.25) is 4.72 Å². The highest BCUT2D eigenvalue weighted by Gasteiger charge is 2.21. The van der Waals surface area contributed by atoms with Gasteiger partial charge in [0.1, 0.15) is 6.61 Å². The number of aromatic nitrogens is 1. The maximum absolute atomic E-state index is 12.2. The maximum atomic E-state index is 12.2. The lowest BCUT2D eigenvalue weighted by molar-refractivity contribution is 0.307. The quantitative estimate of drug-likeness (QED) is 0.850. The van der Waals surface area contributed by atoms with E-state index in [2.05, 4.69) is 9.71 Å². The second kappa shape index (κ2) is 7.26. The summed E-state index contributed by atoms with van der Waals surface area (Å²) in [6.07, 6.45) is 2.06. The molecule has 1 atom stereocenters. The highest BCUT2D eigenvalue weighted by Crippen LogP contribution is 2.24. The maximum Gasteiger partial charge on any atom is 0.236 e. The minimum absolute atomic E-state index is 0.221. The van der Waals surface area contributed by atoms with Crippen molar-refractivity contribution < 1.29 is 13.2 Å². The molecule has 0 saturated carbocycles. The van der Waals surface area contributed by atoms with Gasteiger partial charge in [0, 0.05) is 6.20 Å². The molecule has 0 bridgehead atoms. The zero-order valence-corrected chi connectivity index (χ0v) is 13.5. The molecule has 0 saturated heterocycles. The van der Waals surface area contributed by atoms with E-state index < -0.39 is 15.3 Å². The number of nitrogens with zero attached hydrogens (tertiary/aromatic N) is 1. The molecule has 2 aromatic rings. The van der Waals surface area contributed by atoms with Gasteiger partial charge >= 0.3 is 0 Å². The molecule has 2 rings (SSSR count). The third-order valence-corrected chi connectivity index (χ3v) is 5.22. The van der Waals surface area contributed by atoms with Gasteiger partial charge in [0.2, 0.25) is 10.0 Å². The van der Waals surface area contributed by atoms with Crippen LogP contribution in [0, 0.1) is 0 Å². The summed E-state index contributed by atoms with van der Waals surface area (Å²) in [5.41, 5.74) is 1.00. The van der Waals surface area contributed by atoms with Crippen molar-refractivity contribution in [2.45, 2.75) is 32.1 Å². The monoisotopic (exact) mass is 320 g/mol. The van der Waals surface area contributed by atoms with Crippen molar-refractivity contribution in [3.63, 3.8) is 0 Å². The predicted octanol–water partition coefficient (Wildman–Crippen LogP) is 3.20. The molecule has 1 heterocycles. The van der Waals surface area contributed by atoms with E-state index in [1.165, 1.54) is 6.20 Å². The zero-order chi connectivity index (χ0) is 16.0. The van der Waals surface area contributed by atoms with E-state index >= 15 is 0 Å². The first-order chi connectivity index (χ1) is 10.5. The first-order valence-electron chi connectivity index (χ1n) is 7.16. The van der Waals surface area contributed by atoms with Crippen LogP contribution in [0.5, 0.6) is 5.75 Å². The molecule has 6 heteroatoms. The minimum atomic E-state index is -3.46. The van der Waals surface area contributed by atoms with Crippen molar-refractivity contribution in [3.8, 4) is 5.75 Å². The number of sulfonamides is 1. The molecule has 1 aromatic carbocycles. The highest BCUT2D eigenvalue weighted by atomic mass is 32.2. The van der Waals surface area contributed by atoms with Gasteiger partial charge < -0.3 is 4.74 Å². The Morgan fingerprint density at radius 2 is 1.91 bits per heavy atom. The molecule has 5 nitrogen and oxygen atoms in total. The number of benzene rings is 1. The van der Waals surface area contributed by atoms with Crippen LogP contribution in [0.15, 0.2) is 48.7 Å². The average Bonchev–Trinajstić information content (AvgIpc) is 2.54. The van der Waals surface area contributed by atoms with E-state index in [4.69, 9.17) is 4.74 Å². The fourth-order valence-corrected chi connectivity index (χ4v) is 2.84. The summed E-state index contributed by atoms with van der Waals surface area (Å²) in [4.78, 5) is 4.08. The van der Waals surface area contributed by atoms with E-state index in [9.17, 15) is 8.42 Å². The molecule has 0 aliphatic rings. The van der Waals surface area contributed by atoms with Crippen LogP contribution in [0.4, 0.5) is 5.82 Å². The summed E-state index contributed by atoms with van der Waals surface area (Å²) in [7, 11) is -3.46. The number of nitrogens with one attached hydrogen (secondary N) is 1. The first-order valence-corrected chi connectivity index (χ1v) is 8.71. The van der Waals surface area contributed by atoms with Crippen molar-refractivity contribution in [2.75, 3.05) is 4.72 Å². The fraction of sp³-hybridized carbons (Fsp3) is 0.312. The Kier molecular flexibility index (Phi) is 5.38. The summed E-state index contributed by atoms with van der Waals surface area (Å²) >= 11 is 0. The summed E-state index contributed by atoms with van der Waals surface area (Å²) in [5.74, 6) is 0.636. The van der Waals surface area contributed by atoms with Crippen molar-refractivity contribution in [1.29, 1.82) is 0 Å². The van der Waals surface area contributed by atoms with Crippen molar-refractivity contribution in [3.05, 3.63) is 54.2 Å². The van der Waals surface area contributed by atoms with E-state index in [1.54, 1.807) is 19.1 Å². The second-order valence-electron chi connectivity index (χ2n) is 4.99. The van der Waals surface area contributed by atoms with Gasteiger partial charge in [-0.25, -0.2) is 13.4 Å². The second-order valence-corrected chi connectivity index (χ2v) is 7.09. The molecular weight excluding hydrogens is 300 g/mol. The Hall–Kier alpha value is -2.08. The molecule has 1 unspecified atom stereocenters. The van der Waals surface area contributed by atoms with Gasteiger partial charge in [-0.1, -0.05) is 37.3 Å². The molecule has 1 N–H and O–H groups in total. The van der Waals surface area contributed by atoms with Gasteiger partial charge in [-0.15, -0.1) is 0 Å². The number of hydrogen-bond acceptors (Lipinski definition) is 4. The van der Waals surface area contributed by atoms with Crippen molar-refractivity contribution >= 4 is 15.8 Å². The Labute approximate surface area is 131 Å². The van der Waals surface area contributed by atoms with Crippen LogP contribution < -0.4 is 9.46 Å². The first kappa shape index (κ1) is 16.3. The molecule has 0 fully saturated rings. The topological polar surface area (TPSA) is 68.3 Å². The van der Waals surface area contributed by atoms with Crippen LogP contribution in [0.2, 0.25) is 0 Å². The van der Waals surface area contributed by atoms with Gasteiger partial charge in [0.15, 0.2) is 11.6 Å². The van der Waals surface area contributed by atoms with E-state index in [0.29, 0.717) is 18.8 Å². The molecule has 0 aliphatic heterocycles. The number of rotatable bonds is 7. The molecule has 0 radical (unpaired) electrons. The molecule has 0 amide bonds. The highest BCUT2D eigenvalue weighted by molar-refractivity contribution is 7.93. The van der Waals surface area contributed by atoms with Gasteiger partial charge in [0.05, 0.1) is 5.25 Å². The molecule has 0 spiro atoms. The van der Waals surface area contributed by atoms with Crippen LogP contribution >= 0.6 is 0 Å². The minimum Gasteiger partial charge on any atom is -0.485 e. The van der Waals surface area contributed by atoms with E-state index in [-0.39, 0.29) is 5.82 Å². The van der Waals surface area contributed by atoms with Crippen LogP contribution in [-0.4, -0.2) is 18.7 Å². The van der Waals surface area contributed by atoms with Crippen LogP contribution in [0.3, 0.4) is 0 Å². The normalized spacial score (nSPS) is 12.6. The molecule has 0 aliphatic carbocycles. The number of hydrogen-bond donors (Lipinski definition) is 1. The lowest BCUT2D eigenvalue weighted by atomic mass is 10.2. The Bertz CT molecular complexity index is 702. The van der Waals surface area contributed by atoms with Crippen LogP contribution in [0.1, 0.15) is 25.8 Å². The third-order valence-electron chi connectivity index (χ3n) is 3.35. The number of ether oxygens (including phenoxy) is 1. The zero-order valence-electron chi connectivity index (χ0n) is 12.7. The van der Waals surface area contributed by atoms with Crippen molar-refractivity contribution in [2.24, 2.45) is 0 Å². The number of pyridine rings is 1. The van der Waals surface area contributed by atoms with Crippen LogP contribution in [-0.2, 0) is 16.6 Å². The van der Waals surface area contributed by atoms with E-state index in [1.807, 2.05) is 37.3 Å². The summed E-state index contributed by atoms with van der Waals surface area (Å²) in [5, 5.41) is -0.489. The molecular formula is C16H20N2O3S. The lowest BCUT2D eigenvalue weighted by Crippen LogP contribution is -2.25. The summed E-state index contributed by atoms with van der Waals surface area (Å²) < 4.78 is 32.5. The van der Waals surface area contributed by atoms with Gasteiger partial charge in [-0.05, 0) is 31.0 Å². The fourth-order valence-electron chi connectivity index (χ4n) is 1.77. The van der Waals surface area contributed by atoms with E-state index in [0.717, 1.165) is 5.56 Å².